The Labute approximate surface area is 488 Å². The highest BCUT2D eigenvalue weighted by Crippen LogP contribution is 2.36. The molecule has 3 amide bonds. The van der Waals surface area contributed by atoms with Crippen molar-refractivity contribution in [1.29, 1.82) is 0 Å². The second-order valence-electron chi connectivity index (χ2n) is 21.6. The van der Waals surface area contributed by atoms with Gasteiger partial charge in [0.2, 0.25) is 17.7 Å². The van der Waals surface area contributed by atoms with Gasteiger partial charge in [-0.05, 0) is 6.92 Å². The van der Waals surface area contributed by atoms with Gasteiger partial charge in [0.1, 0.15) is 159 Å². The molecule has 0 saturated carbocycles. The molecular weight excluding hydrogens is 1180 g/mol. The molecule has 0 aliphatic carbocycles. The van der Waals surface area contributed by atoms with Gasteiger partial charge in [-0.15, -0.1) is 0 Å². The van der Waals surface area contributed by atoms with Crippen LogP contribution in [0.4, 0.5) is 0 Å². The molecule has 0 aromatic rings. The molecule has 500 valence electrons. The Morgan fingerprint density at radius 2 is 0.895 bits per heavy atom. The molecule has 6 aliphatic rings. The molecule has 6 saturated heterocycles. The minimum Gasteiger partial charge on any atom is -0.394 e. The van der Waals surface area contributed by atoms with Crippen molar-refractivity contribution in [2.75, 3.05) is 46.2 Å². The van der Waals surface area contributed by atoms with Crippen LogP contribution in [-0.4, -0.2) is 375 Å². The molecule has 6 fully saturated rings. The van der Waals surface area contributed by atoms with Crippen LogP contribution in [-0.2, 0) is 71.2 Å². The first-order chi connectivity index (χ1) is 40.5. The standard InChI is InChI=1S/C48H83N3O35/c1-12-25(61)33(69)36(72)45(77-12)75-10-17(60)39(26(62)16(5-52)49-13(2)57)83-44-24(51-15(4)59)32(68)40(21(9-56)81-44)84-47-38(74)41(85-46-37(73)34(70)28(64)19(7-54)79-46)30(66)22(82-47)11-76-48-42(35(71)29(65)20(8-55)80-48)86-43-23(50-14(3)58)31(67)27(63)18(6-53)78-43/h12,16-48,52-56,60-74H,5-11H2,1-4H3,(H,49,57)(H,50,58)(H,51,59)/t12-,16-,17+,18+,19+,20+,21+,22+,23+,24+,25+,26+,27+,28+,29+,30+,31+,32+,33+,34-,35-,36-,37-,38-,39+,40+,41-,42-,43-,44-,45+,46+,47-,48-/m0/s1. The summed E-state index contributed by atoms with van der Waals surface area (Å²) in [4.78, 5) is 37.2. The smallest absolute Gasteiger partial charge is 0.217 e. The summed E-state index contributed by atoms with van der Waals surface area (Å²) in [6.07, 6.45) is -60.7. The van der Waals surface area contributed by atoms with Crippen molar-refractivity contribution < 1.29 is 173 Å². The molecule has 0 bridgehead atoms. The molecular formula is C48H83N3O35. The number of hydrogen-bond acceptors (Lipinski definition) is 35. The van der Waals surface area contributed by atoms with Gasteiger partial charge in [0, 0.05) is 20.8 Å². The highest BCUT2D eigenvalue weighted by atomic mass is 16.8. The van der Waals surface area contributed by atoms with Gasteiger partial charge in [-0.1, -0.05) is 0 Å². The van der Waals surface area contributed by atoms with E-state index in [4.69, 9.17) is 56.8 Å². The minimum atomic E-state index is -2.36. The van der Waals surface area contributed by atoms with E-state index in [0.717, 1.165) is 20.8 Å². The first-order valence-corrected chi connectivity index (χ1v) is 27.4. The van der Waals surface area contributed by atoms with Crippen molar-refractivity contribution in [2.45, 2.75) is 236 Å². The van der Waals surface area contributed by atoms with Gasteiger partial charge in [-0.3, -0.25) is 14.4 Å². The number of rotatable bonds is 25. The van der Waals surface area contributed by atoms with E-state index in [2.05, 4.69) is 16.0 Å². The average molecular weight is 1260 g/mol. The summed E-state index contributed by atoms with van der Waals surface area (Å²) < 4.78 is 69.4. The fourth-order valence-corrected chi connectivity index (χ4v) is 10.5. The van der Waals surface area contributed by atoms with Crippen LogP contribution in [0.15, 0.2) is 0 Å². The molecule has 86 heavy (non-hydrogen) atoms. The minimum absolute atomic E-state index is 0.791. The normalized spacial score (nSPS) is 45.5. The number of hydrogen-bond donors (Lipinski definition) is 23. The highest BCUT2D eigenvalue weighted by Gasteiger charge is 2.57. The van der Waals surface area contributed by atoms with Crippen LogP contribution in [0.25, 0.3) is 0 Å². The molecule has 6 aliphatic heterocycles. The second kappa shape index (κ2) is 31.9. The summed E-state index contributed by atoms with van der Waals surface area (Å²) in [7, 11) is 0. The zero-order valence-corrected chi connectivity index (χ0v) is 46.6. The number of aliphatic hydroxyl groups is 20. The molecule has 34 atom stereocenters. The van der Waals surface area contributed by atoms with Crippen LogP contribution in [0.3, 0.4) is 0 Å². The van der Waals surface area contributed by atoms with E-state index in [9.17, 15) is 117 Å². The van der Waals surface area contributed by atoms with Gasteiger partial charge >= 0.3 is 0 Å². The van der Waals surface area contributed by atoms with Gasteiger partial charge in [-0.25, -0.2) is 0 Å². The van der Waals surface area contributed by atoms with Gasteiger partial charge in [0.25, 0.3) is 0 Å². The summed E-state index contributed by atoms with van der Waals surface area (Å²) in [6, 6.07) is -5.23. The van der Waals surface area contributed by atoms with E-state index in [0.29, 0.717) is 0 Å². The third kappa shape index (κ3) is 16.6. The molecule has 38 heteroatoms. The van der Waals surface area contributed by atoms with Crippen molar-refractivity contribution in [3.8, 4) is 0 Å². The van der Waals surface area contributed by atoms with E-state index < -0.39 is 272 Å². The summed E-state index contributed by atoms with van der Waals surface area (Å²) in [5.41, 5.74) is 0. The maximum absolute atomic E-state index is 12.9. The van der Waals surface area contributed by atoms with E-state index in [1.807, 2.05) is 0 Å². The van der Waals surface area contributed by atoms with Crippen molar-refractivity contribution in [3.05, 3.63) is 0 Å². The molecule has 0 aromatic heterocycles. The number of aliphatic hydroxyl groups excluding tert-OH is 20. The van der Waals surface area contributed by atoms with E-state index in [-0.39, 0.29) is 0 Å². The number of carbonyl (C=O) groups excluding carboxylic acids is 3. The molecule has 0 unspecified atom stereocenters. The zero-order chi connectivity index (χ0) is 63.9. The number of amides is 3. The second-order valence-corrected chi connectivity index (χ2v) is 21.6. The van der Waals surface area contributed by atoms with Crippen LogP contribution in [0.2, 0.25) is 0 Å². The summed E-state index contributed by atoms with van der Waals surface area (Å²) in [5, 5.41) is 224. The molecule has 23 N–H and O–H groups in total. The Kier molecular flexibility index (Phi) is 26.8. The Balaban J connectivity index is 1.31. The quantitative estimate of drug-likeness (QED) is 0.0404. The van der Waals surface area contributed by atoms with Gasteiger partial charge in [0.05, 0.1) is 58.4 Å². The van der Waals surface area contributed by atoms with Crippen molar-refractivity contribution in [2.24, 2.45) is 0 Å². The first-order valence-electron chi connectivity index (χ1n) is 27.4. The highest BCUT2D eigenvalue weighted by molar-refractivity contribution is 5.74. The van der Waals surface area contributed by atoms with Gasteiger partial charge < -0.3 is 175 Å². The fraction of sp³-hybridized carbons (Fsp3) is 0.938. The SMILES string of the molecule is CC(=O)N[C@H]1[C@H](O[C@@H]([C@H](O)[C@H](CO)NC(C)=O)[C@H](O)CO[C@@H]2O[C@@H](C)[C@@H](O)[C@@H](O)[C@@H]2O)O[C@H](CO)[C@@H](O[C@@H]2O[C@H](CO[C@H]3O[C@H](CO)[C@@H](O)[C@H](O)[C@@H]3O[C@@H]3O[C@H](CO)[C@@H](O)[C@H](O)[C@H]3NC(C)=O)[C@@H](O)[C@H](O[C@H]3O[C@H](CO)[C@@H](O)[C@H](O)[C@@H]3O)[C@@H]2O)[C@@H]1O. The third-order valence-electron chi connectivity index (χ3n) is 15.3. The monoisotopic (exact) mass is 1260 g/mol. The number of ether oxygens (including phenoxy) is 12. The lowest BCUT2D eigenvalue weighted by atomic mass is 9.94. The van der Waals surface area contributed by atoms with Crippen molar-refractivity contribution >= 4 is 17.7 Å². The molecule has 6 heterocycles. The van der Waals surface area contributed by atoms with Crippen LogP contribution < -0.4 is 16.0 Å². The summed E-state index contributed by atoms with van der Waals surface area (Å²) in [6.45, 7) is -2.78. The van der Waals surface area contributed by atoms with Gasteiger partial charge in [0.15, 0.2) is 37.7 Å². The van der Waals surface area contributed by atoms with E-state index in [1.165, 1.54) is 6.92 Å². The Hall–Kier alpha value is -2.87. The maximum atomic E-state index is 12.9. The lowest BCUT2D eigenvalue weighted by Gasteiger charge is -2.50. The average Bonchev–Trinajstić information content (AvgIpc) is 1.03. The predicted molar refractivity (Wildman–Crippen MR) is 267 cm³/mol. The fourth-order valence-electron chi connectivity index (χ4n) is 10.5. The lowest BCUT2D eigenvalue weighted by Crippen LogP contribution is -2.69. The van der Waals surface area contributed by atoms with Gasteiger partial charge in [-0.2, -0.15) is 0 Å². The molecule has 0 spiro atoms. The topological polar surface area (TPSA) is 603 Å². The Morgan fingerprint density at radius 3 is 1.45 bits per heavy atom. The van der Waals surface area contributed by atoms with Crippen LogP contribution >= 0.6 is 0 Å². The Bertz CT molecular complexity index is 2120. The van der Waals surface area contributed by atoms with E-state index in [1.54, 1.807) is 0 Å². The van der Waals surface area contributed by atoms with Crippen LogP contribution in [0, 0.1) is 0 Å². The van der Waals surface area contributed by atoms with Crippen molar-refractivity contribution in [3.63, 3.8) is 0 Å². The number of carbonyl (C=O) groups is 3. The largest absolute Gasteiger partial charge is 0.394 e. The first kappa shape index (κ1) is 72.2. The lowest BCUT2D eigenvalue weighted by molar-refractivity contribution is -0.386. The molecule has 0 aromatic carbocycles. The van der Waals surface area contributed by atoms with Crippen LogP contribution in [0.5, 0.6) is 0 Å². The van der Waals surface area contributed by atoms with Crippen LogP contribution in [0.1, 0.15) is 27.7 Å². The third-order valence-corrected chi connectivity index (χ3v) is 15.3. The summed E-state index contributed by atoms with van der Waals surface area (Å²) in [5.74, 6) is -2.53. The molecule has 6 rings (SSSR count). The maximum Gasteiger partial charge on any atom is 0.217 e. The molecule has 0 radical (unpaired) electrons. The molecule has 38 nitrogen and oxygen atoms in total. The number of nitrogens with one attached hydrogen (secondary N) is 3. The van der Waals surface area contributed by atoms with E-state index >= 15 is 0 Å². The van der Waals surface area contributed by atoms with Crippen molar-refractivity contribution in [1.82, 2.24) is 16.0 Å². The zero-order valence-electron chi connectivity index (χ0n) is 46.6. The Morgan fingerprint density at radius 1 is 0.430 bits per heavy atom. The summed E-state index contributed by atoms with van der Waals surface area (Å²) >= 11 is 0. The predicted octanol–water partition coefficient (Wildman–Crippen LogP) is -15.2.